The molecule has 0 spiro atoms. The lowest BCUT2D eigenvalue weighted by Crippen LogP contribution is -2.22. The highest BCUT2D eigenvalue weighted by Gasteiger charge is 2.42. The first-order chi connectivity index (χ1) is 8.39. The molecule has 100 valence electrons. The monoisotopic (exact) mass is 294 g/mol. The van der Waals surface area contributed by atoms with Crippen LogP contribution in [0.1, 0.15) is 24.8 Å². The van der Waals surface area contributed by atoms with Crippen LogP contribution in [0.4, 0.5) is 8.78 Å². The van der Waals surface area contributed by atoms with Crippen molar-refractivity contribution >= 4 is 23.2 Å². The molecule has 0 saturated heterocycles. The van der Waals surface area contributed by atoms with Gasteiger partial charge in [-0.1, -0.05) is 35.3 Å². The summed E-state index contributed by atoms with van der Waals surface area (Å²) in [5, 5.41) is 10.8. The van der Waals surface area contributed by atoms with Gasteiger partial charge >= 0.3 is 0 Å². The van der Waals surface area contributed by atoms with Crippen molar-refractivity contribution in [1.29, 1.82) is 0 Å². The largest absolute Gasteiger partial charge is 0.392 e. The lowest BCUT2D eigenvalue weighted by atomic mass is 9.94. The molecule has 2 atom stereocenters. The molecule has 2 unspecified atom stereocenters. The number of aliphatic hydroxyl groups excluding tert-OH is 1. The van der Waals surface area contributed by atoms with E-state index in [0.29, 0.717) is 22.0 Å². The Morgan fingerprint density at radius 3 is 2.72 bits per heavy atom. The summed E-state index contributed by atoms with van der Waals surface area (Å²) >= 11 is 11.9. The van der Waals surface area contributed by atoms with Crippen LogP contribution in [0.2, 0.25) is 10.0 Å². The third-order valence-corrected chi connectivity index (χ3v) is 4.30. The van der Waals surface area contributed by atoms with E-state index in [4.69, 9.17) is 23.2 Å². The number of hydrogen-bond donors (Lipinski definition) is 1. The van der Waals surface area contributed by atoms with Crippen molar-refractivity contribution in [2.24, 2.45) is 5.92 Å². The zero-order valence-electron chi connectivity index (χ0n) is 9.67. The van der Waals surface area contributed by atoms with Crippen LogP contribution in [0.5, 0.6) is 0 Å². The molecule has 1 aliphatic carbocycles. The van der Waals surface area contributed by atoms with E-state index in [1.54, 1.807) is 18.2 Å². The smallest absolute Gasteiger partial charge is 0.248 e. The number of rotatable bonds is 3. The molecule has 2 rings (SSSR count). The number of alkyl halides is 2. The van der Waals surface area contributed by atoms with Gasteiger partial charge in [0.25, 0.3) is 0 Å². The van der Waals surface area contributed by atoms with E-state index in [9.17, 15) is 13.9 Å². The predicted octanol–water partition coefficient (Wildman–Crippen LogP) is 4.33. The molecule has 18 heavy (non-hydrogen) atoms. The van der Waals surface area contributed by atoms with Crippen LogP contribution in [0, 0.1) is 5.92 Å². The van der Waals surface area contributed by atoms with Gasteiger partial charge in [-0.3, -0.25) is 0 Å². The van der Waals surface area contributed by atoms with E-state index >= 15 is 0 Å². The molecule has 5 heteroatoms. The second-order valence-corrected chi connectivity index (χ2v) is 5.63. The maximum atomic E-state index is 13.1. The highest BCUT2D eigenvalue weighted by atomic mass is 35.5. The maximum Gasteiger partial charge on any atom is 0.248 e. The molecule has 1 nitrogen and oxygen atoms in total. The lowest BCUT2D eigenvalue weighted by molar-refractivity contribution is -0.00479. The average molecular weight is 295 g/mol. The molecule has 1 aromatic rings. The average Bonchev–Trinajstić information content (AvgIpc) is 2.65. The van der Waals surface area contributed by atoms with Crippen LogP contribution in [-0.4, -0.2) is 17.1 Å². The van der Waals surface area contributed by atoms with Gasteiger partial charge in [0.1, 0.15) is 0 Å². The number of benzene rings is 1. The van der Waals surface area contributed by atoms with Gasteiger partial charge in [0, 0.05) is 19.3 Å². The molecular weight excluding hydrogens is 281 g/mol. The summed E-state index contributed by atoms with van der Waals surface area (Å²) in [4.78, 5) is 0. The van der Waals surface area contributed by atoms with E-state index in [2.05, 4.69) is 0 Å². The second kappa shape index (κ2) is 5.32. The molecule has 0 amide bonds. The Morgan fingerprint density at radius 1 is 1.39 bits per heavy atom. The van der Waals surface area contributed by atoms with Gasteiger partial charge in [0.2, 0.25) is 5.92 Å². The minimum absolute atomic E-state index is 0.141. The first-order valence-electron chi connectivity index (χ1n) is 5.88. The van der Waals surface area contributed by atoms with Gasteiger partial charge in [-0.05, 0) is 24.0 Å². The van der Waals surface area contributed by atoms with E-state index in [-0.39, 0.29) is 25.2 Å². The SMILES string of the molecule is OC(Cc1cccc(Cl)c1Cl)C1CCC(F)(F)C1. The molecule has 1 N–H and O–H groups in total. The second-order valence-electron chi connectivity index (χ2n) is 4.84. The lowest BCUT2D eigenvalue weighted by Gasteiger charge is -2.19. The van der Waals surface area contributed by atoms with Crippen LogP contribution in [0.15, 0.2) is 18.2 Å². The molecule has 0 heterocycles. The van der Waals surface area contributed by atoms with Crippen molar-refractivity contribution in [2.75, 3.05) is 0 Å². The Bertz CT molecular complexity index is 437. The highest BCUT2D eigenvalue weighted by molar-refractivity contribution is 6.42. The first-order valence-corrected chi connectivity index (χ1v) is 6.63. The van der Waals surface area contributed by atoms with Crippen LogP contribution >= 0.6 is 23.2 Å². The fourth-order valence-corrected chi connectivity index (χ4v) is 2.81. The topological polar surface area (TPSA) is 20.2 Å². The molecule has 1 fully saturated rings. The third kappa shape index (κ3) is 3.14. The summed E-state index contributed by atoms with van der Waals surface area (Å²) in [6, 6.07) is 5.15. The molecular formula is C13H14Cl2F2O. The van der Waals surface area contributed by atoms with Crippen molar-refractivity contribution in [3.8, 4) is 0 Å². The van der Waals surface area contributed by atoms with Gasteiger partial charge < -0.3 is 5.11 Å². The van der Waals surface area contributed by atoms with Gasteiger partial charge in [-0.25, -0.2) is 8.78 Å². The standard InChI is InChI=1S/C13H14Cl2F2O/c14-10-3-1-2-8(12(10)15)6-11(18)9-4-5-13(16,17)7-9/h1-3,9,11,18H,4-7H2. The Balaban J connectivity index is 2.04. The number of aliphatic hydroxyl groups is 1. The Kier molecular flexibility index (Phi) is 4.15. The van der Waals surface area contributed by atoms with Crippen LogP contribution in [0.25, 0.3) is 0 Å². The summed E-state index contributed by atoms with van der Waals surface area (Å²) in [5.41, 5.74) is 0.701. The van der Waals surface area contributed by atoms with Crippen molar-refractivity contribution in [2.45, 2.75) is 37.7 Å². The van der Waals surface area contributed by atoms with Crippen molar-refractivity contribution in [3.05, 3.63) is 33.8 Å². The Morgan fingerprint density at radius 2 is 2.11 bits per heavy atom. The molecule has 1 saturated carbocycles. The van der Waals surface area contributed by atoms with E-state index in [0.717, 1.165) is 0 Å². The highest BCUT2D eigenvalue weighted by Crippen LogP contribution is 2.41. The molecule has 0 bridgehead atoms. The van der Waals surface area contributed by atoms with Crippen molar-refractivity contribution < 1.29 is 13.9 Å². The number of halogens is 4. The van der Waals surface area contributed by atoms with E-state index in [1.165, 1.54) is 0 Å². The van der Waals surface area contributed by atoms with Gasteiger partial charge in [0.15, 0.2) is 0 Å². The minimum atomic E-state index is -2.64. The van der Waals surface area contributed by atoms with Crippen LogP contribution < -0.4 is 0 Å². The van der Waals surface area contributed by atoms with Gasteiger partial charge in [-0.15, -0.1) is 0 Å². The van der Waals surface area contributed by atoms with Gasteiger partial charge in [-0.2, -0.15) is 0 Å². The summed E-state index contributed by atoms with van der Waals surface area (Å²) in [5.74, 6) is -3.00. The normalized spacial score (nSPS) is 24.2. The van der Waals surface area contributed by atoms with E-state index in [1.807, 2.05) is 0 Å². The summed E-state index contributed by atoms with van der Waals surface area (Å²) in [6.45, 7) is 0. The Labute approximate surface area is 115 Å². The van der Waals surface area contributed by atoms with Crippen molar-refractivity contribution in [1.82, 2.24) is 0 Å². The van der Waals surface area contributed by atoms with E-state index < -0.39 is 12.0 Å². The predicted molar refractivity (Wildman–Crippen MR) is 68.5 cm³/mol. The molecule has 1 aliphatic rings. The minimum Gasteiger partial charge on any atom is -0.392 e. The Hall–Kier alpha value is -0.380. The van der Waals surface area contributed by atoms with Crippen LogP contribution in [0.3, 0.4) is 0 Å². The fourth-order valence-electron chi connectivity index (χ4n) is 2.41. The van der Waals surface area contributed by atoms with Crippen molar-refractivity contribution in [3.63, 3.8) is 0 Å². The first kappa shape index (κ1) is 14.0. The quantitative estimate of drug-likeness (QED) is 0.880. The summed E-state index contributed by atoms with van der Waals surface area (Å²) < 4.78 is 26.2. The summed E-state index contributed by atoms with van der Waals surface area (Å²) in [6.07, 6.45) is -0.564. The zero-order valence-corrected chi connectivity index (χ0v) is 11.2. The molecule has 0 aliphatic heterocycles. The number of hydrogen-bond acceptors (Lipinski definition) is 1. The fraction of sp³-hybridized carbons (Fsp3) is 0.538. The molecule has 0 radical (unpaired) electrons. The summed E-state index contributed by atoms with van der Waals surface area (Å²) in [7, 11) is 0. The molecule has 1 aromatic carbocycles. The van der Waals surface area contributed by atoms with Crippen LogP contribution in [-0.2, 0) is 6.42 Å². The molecule has 0 aromatic heterocycles. The van der Waals surface area contributed by atoms with Gasteiger partial charge in [0.05, 0.1) is 16.1 Å². The third-order valence-electron chi connectivity index (χ3n) is 3.45. The zero-order chi connectivity index (χ0) is 13.3. The maximum absolute atomic E-state index is 13.1.